The van der Waals surface area contributed by atoms with E-state index in [1.165, 1.54) is 25.3 Å². The van der Waals surface area contributed by atoms with Crippen molar-refractivity contribution in [2.75, 3.05) is 0 Å². The number of amides is 1. The topological polar surface area (TPSA) is 141 Å². The van der Waals surface area contributed by atoms with Crippen LogP contribution in [-0.4, -0.2) is 43.8 Å². The van der Waals surface area contributed by atoms with Gasteiger partial charge in [-0.25, -0.2) is 9.59 Å². The van der Waals surface area contributed by atoms with E-state index in [1.807, 2.05) is 0 Å². The quantitative estimate of drug-likeness (QED) is 0.342. The molecule has 154 valence electrons. The zero-order valence-electron chi connectivity index (χ0n) is 16.6. The molecule has 1 heterocycles. The van der Waals surface area contributed by atoms with Gasteiger partial charge in [0.2, 0.25) is 0 Å². The van der Waals surface area contributed by atoms with E-state index in [0.717, 1.165) is 0 Å². The second-order valence-electron chi connectivity index (χ2n) is 7.30. The van der Waals surface area contributed by atoms with E-state index in [9.17, 15) is 19.8 Å². The van der Waals surface area contributed by atoms with Crippen molar-refractivity contribution >= 4 is 17.8 Å². The summed E-state index contributed by atoms with van der Waals surface area (Å²) < 4.78 is 5.17. The maximum absolute atomic E-state index is 11.8. The number of pyridine rings is 1. The van der Waals surface area contributed by atoms with Crippen LogP contribution in [0, 0.1) is 0 Å². The zero-order chi connectivity index (χ0) is 21.8. The van der Waals surface area contributed by atoms with Crippen LogP contribution in [0.5, 0.6) is 5.75 Å². The van der Waals surface area contributed by atoms with Crippen LogP contribution >= 0.6 is 0 Å². The first kappa shape index (κ1) is 21.7. The van der Waals surface area contributed by atoms with Gasteiger partial charge in [0.25, 0.3) is 0 Å². The number of aromatic hydroxyl groups is 1. The Morgan fingerprint density at radius 1 is 1.24 bits per heavy atom. The summed E-state index contributed by atoms with van der Waals surface area (Å²) >= 11 is 0. The van der Waals surface area contributed by atoms with Crippen molar-refractivity contribution < 1.29 is 29.7 Å². The lowest BCUT2D eigenvalue weighted by molar-refractivity contribution is 0.0522. The molecule has 0 aliphatic rings. The number of carboxylic acid groups (broad SMARTS) is 1. The van der Waals surface area contributed by atoms with Crippen LogP contribution in [0.1, 0.15) is 49.3 Å². The van der Waals surface area contributed by atoms with Crippen molar-refractivity contribution in [1.82, 2.24) is 10.3 Å². The number of phenols is 1. The van der Waals surface area contributed by atoms with E-state index in [2.05, 4.69) is 15.5 Å². The monoisotopic (exact) mass is 401 g/mol. The van der Waals surface area contributed by atoms with E-state index in [1.54, 1.807) is 32.9 Å². The fourth-order valence-electron chi connectivity index (χ4n) is 2.53. The first-order valence-electron chi connectivity index (χ1n) is 8.73. The number of carbonyl (C=O) groups is 2. The van der Waals surface area contributed by atoms with Gasteiger partial charge in [-0.2, -0.15) is 0 Å². The lowest BCUT2D eigenvalue weighted by Crippen LogP contribution is -2.32. The Bertz CT molecular complexity index is 963. The van der Waals surface area contributed by atoms with Crippen LogP contribution in [0.3, 0.4) is 0 Å². The SMILES string of the molecule is C/C(=N\O)c1cc(C(=O)O)cc(-c2ccnc(CNC(=O)OC(C)(C)C)c2)c1O. The highest BCUT2D eigenvalue weighted by molar-refractivity contribution is 6.05. The fourth-order valence-corrected chi connectivity index (χ4v) is 2.53. The first-order chi connectivity index (χ1) is 13.5. The van der Waals surface area contributed by atoms with Crippen LogP contribution < -0.4 is 5.32 Å². The number of aromatic carboxylic acids is 1. The summed E-state index contributed by atoms with van der Waals surface area (Å²) in [7, 11) is 0. The number of ether oxygens (including phenoxy) is 1. The summed E-state index contributed by atoms with van der Waals surface area (Å²) in [6.07, 6.45) is 0.874. The smallest absolute Gasteiger partial charge is 0.407 e. The third kappa shape index (κ3) is 5.68. The van der Waals surface area contributed by atoms with Gasteiger partial charge in [0.1, 0.15) is 11.4 Å². The average molecular weight is 401 g/mol. The highest BCUT2D eigenvalue weighted by Crippen LogP contribution is 2.34. The van der Waals surface area contributed by atoms with Crippen molar-refractivity contribution in [2.45, 2.75) is 39.8 Å². The Kier molecular flexibility index (Phi) is 6.42. The largest absolute Gasteiger partial charge is 0.507 e. The molecule has 2 rings (SSSR count). The molecule has 0 saturated carbocycles. The number of carboxylic acids is 1. The van der Waals surface area contributed by atoms with E-state index in [-0.39, 0.29) is 34.7 Å². The van der Waals surface area contributed by atoms with Gasteiger partial charge in [0.15, 0.2) is 0 Å². The molecule has 1 aromatic heterocycles. The minimum atomic E-state index is -1.20. The number of hydrogen-bond acceptors (Lipinski definition) is 7. The summed E-state index contributed by atoms with van der Waals surface area (Å²) in [5.74, 6) is -1.43. The predicted octanol–water partition coefficient (Wildman–Crippen LogP) is 3.38. The minimum Gasteiger partial charge on any atom is -0.507 e. The molecule has 2 aromatic rings. The maximum atomic E-state index is 11.8. The molecule has 0 fully saturated rings. The number of hydrogen-bond donors (Lipinski definition) is 4. The van der Waals surface area contributed by atoms with Crippen molar-refractivity contribution in [2.24, 2.45) is 5.16 Å². The Morgan fingerprint density at radius 2 is 1.93 bits per heavy atom. The number of alkyl carbamates (subject to hydrolysis) is 1. The average Bonchev–Trinajstić information content (AvgIpc) is 2.64. The van der Waals surface area contributed by atoms with E-state index in [4.69, 9.17) is 9.94 Å². The molecule has 0 bridgehead atoms. The number of nitrogens with zero attached hydrogens (tertiary/aromatic N) is 2. The highest BCUT2D eigenvalue weighted by atomic mass is 16.6. The zero-order valence-corrected chi connectivity index (χ0v) is 16.6. The van der Waals surface area contributed by atoms with Gasteiger partial charge in [-0.05, 0) is 57.5 Å². The van der Waals surface area contributed by atoms with Gasteiger partial charge in [0, 0.05) is 17.3 Å². The Balaban J connectivity index is 2.38. The number of phenolic OH excluding ortho intramolecular Hbond substituents is 1. The first-order valence-corrected chi connectivity index (χ1v) is 8.73. The molecule has 1 amide bonds. The normalized spacial score (nSPS) is 11.8. The number of benzene rings is 1. The number of aromatic nitrogens is 1. The molecular weight excluding hydrogens is 378 g/mol. The van der Waals surface area contributed by atoms with Gasteiger partial charge >= 0.3 is 12.1 Å². The summed E-state index contributed by atoms with van der Waals surface area (Å²) in [6, 6.07) is 5.73. The molecule has 0 unspecified atom stereocenters. The van der Waals surface area contributed by atoms with Crippen molar-refractivity contribution in [3.05, 3.63) is 47.3 Å². The molecule has 0 atom stereocenters. The summed E-state index contributed by atoms with van der Waals surface area (Å²) in [4.78, 5) is 27.4. The second-order valence-corrected chi connectivity index (χ2v) is 7.30. The van der Waals surface area contributed by atoms with Gasteiger partial charge in [-0.1, -0.05) is 5.16 Å². The molecule has 29 heavy (non-hydrogen) atoms. The third-order valence-corrected chi connectivity index (χ3v) is 3.84. The maximum Gasteiger partial charge on any atom is 0.407 e. The van der Waals surface area contributed by atoms with Gasteiger partial charge in [0.05, 0.1) is 23.5 Å². The van der Waals surface area contributed by atoms with Crippen LogP contribution in [0.15, 0.2) is 35.6 Å². The van der Waals surface area contributed by atoms with E-state index < -0.39 is 17.7 Å². The van der Waals surface area contributed by atoms with Crippen molar-refractivity contribution in [1.29, 1.82) is 0 Å². The molecule has 0 saturated heterocycles. The van der Waals surface area contributed by atoms with Crippen LogP contribution in [0.2, 0.25) is 0 Å². The Labute approximate surface area is 167 Å². The van der Waals surface area contributed by atoms with Crippen LogP contribution in [0.4, 0.5) is 4.79 Å². The molecule has 9 heteroatoms. The Hall–Kier alpha value is -3.62. The molecular formula is C20H23N3O6. The molecule has 0 spiro atoms. The molecule has 0 aliphatic heterocycles. The van der Waals surface area contributed by atoms with Crippen molar-refractivity contribution in [3.63, 3.8) is 0 Å². The fraction of sp³-hybridized carbons (Fsp3) is 0.300. The Morgan fingerprint density at radius 3 is 2.52 bits per heavy atom. The minimum absolute atomic E-state index is 0.0627. The summed E-state index contributed by atoms with van der Waals surface area (Å²) in [6.45, 7) is 6.76. The molecule has 9 nitrogen and oxygen atoms in total. The second kappa shape index (κ2) is 8.59. The lowest BCUT2D eigenvalue weighted by Gasteiger charge is -2.19. The number of nitrogens with one attached hydrogen (secondary N) is 1. The van der Waals surface area contributed by atoms with Gasteiger partial charge < -0.3 is 25.5 Å². The highest BCUT2D eigenvalue weighted by Gasteiger charge is 2.18. The lowest BCUT2D eigenvalue weighted by atomic mass is 9.96. The summed E-state index contributed by atoms with van der Waals surface area (Å²) in [5.41, 5.74) is 0.617. The van der Waals surface area contributed by atoms with Gasteiger partial charge in [-0.3, -0.25) is 4.98 Å². The van der Waals surface area contributed by atoms with Crippen molar-refractivity contribution in [3.8, 4) is 16.9 Å². The van der Waals surface area contributed by atoms with Gasteiger partial charge in [-0.15, -0.1) is 0 Å². The number of oxime groups is 1. The molecule has 4 N–H and O–H groups in total. The molecule has 0 aliphatic carbocycles. The molecule has 0 radical (unpaired) electrons. The number of carbonyl (C=O) groups excluding carboxylic acids is 1. The van der Waals surface area contributed by atoms with E-state index in [0.29, 0.717) is 11.3 Å². The standard InChI is InChI=1S/C20H23N3O6/c1-11(23-28)15-8-13(18(25)26)9-16(17(15)24)12-5-6-21-14(7-12)10-22-19(27)29-20(2,3)4/h5-9,24,28H,10H2,1-4H3,(H,22,27)(H,25,26)/b23-11+. The molecule has 1 aromatic carbocycles. The number of rotatable bonds is 5. The van der Waals surface area contributed by atoms with Crippen LogP contribution in [-0.2, 0) is 11.3 Å². The third-order valence-electron chi connectivity index (χ3n) is 3.84. The van der Waals surface area contributed by atoms with E-state index >= 15 is 0 Å². The predicted molar refractivity (Wildman–Crippen MR) is 105 cm³/mol. The summed E-state index contributed by atoms with van der Waals surface area (Å²) in [5, 5.41) is 34.6. The van der Waals surface area contributed by atoms with Crippen LogP contribution in [0.25, 0.3) is 11.1 Å².